The van der Waals surface area contributed by atoms with Gasteiger partial charge in [0.15, 0.2) is 0 Å². The highest BCUT2D eigenvalue weighted by molar-refractivity contribution is 5.75. The Balaban J connectivity index is 1.71. The minimum Gasteiger partial charge on any atom is -0.404 e. The van der Waals surface area contributed by atoms with E-state index in [1.807, 2.05) is 11.0 Å². The molecule has 3 aliphatic rings. The van der Waals surface area contributed by atoms with Gasteiger partial charge < -0.3 is 21.3 Å². The van der Waals surface area contributed by atoms with Crippen LogP contribution in [0.5, 0.6) is 0 Å². The fourth-order valence-corrected chi connectivity index (χ4v) is 4.45. The lowest BCUT2D eigenvalue weighted by atomic mass is 10.0. The molecule has 0 aromatic carbocycles. The largest absolute Gasteiger partial charge is 0.404 e. The lowest BCUT2D eigenvalue weighted by Crippen LogP contribution is -2.56. The first-order chi connectivity index (χ1) is 15.0. The molecule has 2 heterocycles. The Bertz CT molecular complexity index is 996. The van der Waals surface area contributed by atoms with Gasteiger partial charge in [0.25, 0.3) is 0 Å². The van der Waals surface area contributed by atoms with Gasteiger partial charge in [0, 0.05) is 49.9 Å². The number of nitrogens with zero attached hydrogens (tertiary/aromatic N) is 4. The van der Waals surface area contributed by atoms with Crippen LogP contribution < -0.4 is 16.4 Å². The van der Waals surface area contributed by atoms with Crippen molar-refractivity contribution in [3.8, 4) is 6.07 Å². The Morgan fingerprint density at radius 2 is 2.06 bits per heavy atom. The van der Waals surface area contributed by atoms with Crippen molar-refractivity contribution in [3.05, 3.63) is 53.4 Å². The third kappa shape index (κ3) is 4.29. The average molecular weight is 419 g/mol. The van der Waals surface area contributed by atoms with Crippen molar-refractivity contribution in [1.82, 2.24) is 9.88 Å². The number of rotatable bonds is 6. The number of amides is 1. The molecule has 0 bridgehead atoms. The second-order valence-electron chi connectivity index (χ2n) is 8.71. The molecule has 7 heteroatoms. The monoisotopic (exact) mass is 418 g/mol. The van der Waals surface area contributed by atoms with Gasteiger partial charge >= 0.3 is 0 Å². The highest BCUT2D eigenvalue weighted by Gasteiger charge is 2.41. The van der Waals surface area contributed by atoms with Gasteiger partial charge in [0.2, 0.25) is 5.91 Å². The van der Waals surface area contributed by atoms with Gasteiger partial charge in [-0.05, 0) is 49.3 Å². The first kappa shape index (κ1) is 21.0. The van der Waals surface area contributed by atoms with E-state index in [1.54, 1.807) is 19.1 Å². The number of pyridine rings is 1. The van der Waals surface area contributed by atoms with Crippen LogP contribution in [0.3, 0.4) is 0 Å². The zero-order chi connectivity index (χ0) is 22.1. The van der Waals surface area contributed by atoms with Crippen molar-refractivity contribution in [2.75, 3.05) is 24.5 Å². The molecule has 1 saturated heterocycles. The molecule has 7 nitrogen and oxygen atoms in total. The summed E-state index contributed by atoms with van der Waals surface area (Å²) in [5.41, 5.74) is 15.5. The van der Waals surface area contributed by atoms with Crippen LogP contribution in [-0.2, 0) is 4.79 Å². The summed E-state index contributed by atoms with van der Waals surface area (Å²) in [6.45, 7) is 7.45. The summed E-state index contributed by atoms with van der Waals surface area (Å²) in [4.78, 5) is 21.3. The molecular formula is C24H30N6O. The molecule has 0 spiro atoms. The van der Waals surface area contributed by atoms with Crippen LogP contribution in [0.25, 0.3) is 5.70 Å². The number of hydrogen-bond donors (Lipinski definition) is 2. The molecule has 1 aromatic heterocycles. The summed E-state index contributed by atoms with van der Waals surface area (Å²) in [6.07, 6.45) is 9.33. The van der Waals surface area contributed by atoms with E-state index in [-0.39, 0.29) is 11.9 Å². The van der Waals surface area contributed by atoms with E-state index in [9.17, 15) is 10.1 Å². The molecule has 31 heavy (non-hydrogen) atoms. The van der Waals surface area contributed by atoms with Crippen LogP contribution >= 0.6 is 0 Å². The summed E-state index contributed by atoms with van der Waals surface area (Å²) in [6, 6.07) is 4.38. The summed E-state index contributed by atoms with van der Waals surface area (Å²) in [5, 5.41) is 9.91. The van der Waals surface area contributed by atoms with Crippen LogP contribution in [0.15, 0.2) is 36.6 Å². The molecule has 3 fully saturated rings. The topological polar surface area (TPSA) is 112 Å². The van der Waals surface area contributed by atoms with Crippen LogP contribution in [0, 0.1) is 17.2 Å². The molecule has 162 valence electrons. The molecule has 2 saturated carbocycles. The van der Waals surface area contributed by atoms with Crippen molar-refractivity contribution >= 4 is 17.4 Å². The van der Waals surface area contributed by atoms with Gasteiger partial charge in [0.1, 0.15) is 11.9 Å². The normalized spacial score (nSPS) is 22.3. The van der Waals surface area contributed by atoms with Gasteiger partial charge in [-0.2, -0.15) is 5.26 Å². The number of carbonyl (C=O) groups is 1. The van der Waals surface area contributed by atoms with Gasteiger partial charge in [-0.3, -0.25) is 4.79 Å². The fourth-order valence-electron chi connectivity index (χ4n) is 4.45. The quantitative estimate of drug-likeness (QED) is 0.687. The maximum absolute atomic E-state index is 12.1. The second-order valence-corrected chi connectivity index (χ2v) is 8.71. The van der Waals surface area contributed by atoms with Crippen molar-refractivity contribution < 1.29 is 4.79 Å². The predicted molar refractivity (Wildman–Crippen MR) is 122 cm³/mol. The van der Waals surface area contributed by atoms with Crippen LogP contribution in [0.4, 0.5) is 5.82 Å². The van der Waals surface area contributed by atoms with Crippen molar-refractivity contribution in [2.45, 2.75) is 44.6 Å². The molecule has 1 aliphatic heterocycles. The highest BCUT2D eigenvalue weighted by Crippen LogP contribution is 2.44. The number of nitrogens with two attached hydrogens (primary N) is 2. The molecule has 1 amide bonds. The fraction of sp³-hybridized carbons (Fsp3) is 0.458. The van der Waals surface area contributed by atoms with Gasteiger partial charge in [-0.15, -0.1) is 0 Å². The second kappa shape index (κ2) is 8.46. The minimum atomic E-state index is 0.128. The van der Waals surface area contributed by atoms with Crippen LogP contribution in [0.2, 0.25) is 0 Å². The van der Waals surface area contributed by atoms with Crippen LogP contribution in [-0.4, -0.2) is 41.5 Å². The standard InChI is InChI=1S/C24H30N6O/c1-3-16(12-25)10-21(27)20-11-19(13-26)24(28-23(20)18-6-7-18)29-8-9-30(15(2)31)22(14-29)17-4-5-17/h3,10-12,17-18,22H,1,4-9,14,25,27H2,2H3/b16-12-,21-10-. The summed E-state index contributed by atoms with van der Waals surface area (Å²) < 4.78 is 0. The van der Waals surface area contributed by atoms with Crippen molar-refractivity contribution in [2.24, 2.45) is 17.4 Å². The third-order valence-corrected chi connectivity index (χ3v) is 6.47. The first-order valence-corrected chi connectivity index (χ1v) is 11.0. The molecule has 1 atom stereocenters. The van der Waals surface area contributed by atoms with E-state index in [4.69, 9.17) is 16.5 Å². The number of aromatic nitrogens is 1. The number of allylic oxidation sites excluding steroid dienone is 3. The average Bonchev–Trinajstić information content (AvgIpc) is 3.68. The van der Waals surface area contributed by atoms with E-state index < -0.39 is 0 Å². The Labute approximate surface area is 183 Å². The molecule has 2 aliphatic carbocycles. The van der Waals surface area contributed by atoms with Crippen LogP contribution in [0.1, 0.15) is 55.3 Å². The molecule has 1 unspecified atom stereocenters. The Kier molecular flexibility index (Phi) is 5.73. The molecule has 0 radical (unpaired) electrons. The summed E-state index contributed by atoms with van der Waals surface area (Å²) in [7, 11) is 0. The zero-order valence-electron chi connectivity index (χ0n) is 18.1. The first-order valence-electron chi connectivity index (χ1n) is 11.0. The predicted octanol–water partition coefficient (Wildman–Crippen LogP) is 2.61. The summed E-state index contributed by atoms with van der Waals surface area (Å²) in [5.74, 6) is 1.76. The zero-order valence-corrected chi connectivity index (χ0v) is 18.1. The molecular weight excluding hydrogens is 388 g/mol. The maximum Gasteiger partial charge on any atom is 0.219 e. The van der Waals surface area contributed by atoms with Gasteiger partial charge in [-0.25, -0.2) is 4.98 Å². The molecule has 4 N–H and O–H groups in total. The van der Waals surface area contributed by atoms with Crippen molar-refractivity contribution in [3.63, 3.8) is 0 Å². The Morgan fingerprint density at radius 3 is 2.61 bits per heavy atom. The van der Waals surface area contributed by atoms with Gasteiger partial charge in [-0.1, -0.05) is 12.7 Å². The number of hydrogen-bond acceptors (Lipinski definition) is 6. The van der Waals surface area contributed by atoms with E-state index >= 15 is 0 Å². The highest BCUT2D eigenvalue weighted by atomic mass is 16.2. The smallest absolute Gasteiger partial charge is 0.219 e. The third-order valence-electron chi connectivity index (χ3n) is 6.47. The molecule has 4 rings (SSSR count). The summed E-state index contributed by atoms with van der Waals surface area (Å²) >= 11 is 0. The lowest BCUT2D eigenvalue weighted by molar-refractivity contribution is -0.132. The van der Waals surface area contributed by atoms with E-state index in [0.29, 0.717) is 42.0 Å². The minimum absolute atomic E-state index is 0.128. The van der Waals surface area contributed by atoms with E-state index in [2.05, 4.69) is 17.5 Å². The van der Waals surface area contributed by atoms with Gasteiger partial charge in [0.05, 0.1) is 17.3 Å². The van der Waals surface area contributed by atoms with Crippen molar-refractivity contribution in [1.29, 1.82) is 5.26 Å². The lowest BCUT2D eigenvalue weighted by Gasteiger charge is -2.42. The maximum atomic E-state index is 12.1. The number of piperazine rings is 1. The van der Waals surface area contributed by atoms with E-state index in [1.165, 1.54) is 6.20 Å². The SMILES string of the molecule is C=CC(=C/N)/C=C(\N)c1cc(C#N)c(N2CCN(C(C)=O)C(C3CC3)C2)nc1C1CC1. The Hall–Kier alpha value is -3.27. The Morgan fingerprint density at radius 1 is 1.32 bits per heavy atom. The van der Waals surface area contributed by atoms with E-state index in [0.717, 1.165) is 49.1 Å². The molecule has 1 aromatic rings. The number of nitriles is 1. The number of carbonyl (C=O) groups excluding carboxylic acids is 1. The number of anilines is 1.